The Kier molecular flexibility index (Phi) is 7.82. The first-order chi connectivity index (χ1) is 12.6. The summed E-state index contributed by atoms with van der Waals surface area (Å²) >= 11 is 0. The third-order valence-corrected chi connectivity index (χ3v) is 4.66. The van der Waals surface area contributed by atoms with Gasteiger partial charge in [0.15, 0.2) is 0 Å². The third kappa shape index (κ3) is 6.08. The van der Waals surface area contributed by atoms with E-state index in [-0.39, 0.29) is 36.7 Å². The predicted molar refractivity (Wildman–Crippen MR) is 108 cm³/mol. The molecule has 0 radical (unpaired) electrons. The highest BCUT2D eigenvalue weighted by Gasteiger charge is 2.20. The molecule has 2 amide bonds. The SMILES string of the molecule is Cl.NC(CC(=O)NCc1cccc(CN2CCCC2=O)c1)c1ccccc1. The van der Waals surface area contributed by atoms with E-state index < -0.39 is 0 Å². The molecule has 0 bridgehead atoms. The Balaban J connectivity index is 0.00000261. The summed E-state index contributed by atoms with van der Waals surface area (Å²) in [5.74, 6) is 0.153. The lowest BCUT2D eigenvalue weighted by molar-refractivity contribution is -0.128. The summed E-state index contributed by atoms with van der Waals surface area (Å²) in [7, 11) is 0. The van der Waals surface area contributed by atoms with Crippen molar-refractivity contribution in [3.63, 3.8) is 0 Å². The second-order valence-electron chi connectivity index (χ2n) is 6.74. The summed E-state index contributed by atoms with van der Waals surface area (Å²) in [6.45, 7) is 1.93. The number of nitrogens with zero attached hydrogens (tertiary/aromatic N) is 1. The number of carbonyl (C=O) groups is 2. The number of amides is 2. The normalized spacial score (nSPS) is 14.6. The van der Waals surface area contributed by atoms with Gasteiger partial charge in [-0.2, -0.15) is 0 Å². The summed E-state index contributed by atoms with van der Waals surface area (Å²) in [6.07, 6.45) is 1.85. The van der Waals surface area contributed by atoms with Gasteiger partial charge in [0.1, 0.15) is 0 Å². The fourth-order valence-corrected chi connectivity index (χ4v) is 3.22. The number of nitrogens with one attached hydrogen (secondary N) is 1. The Hall–Kier alpha value is -2.37. The fourth-order valence-electron chi connectivity index (χ4n) is 3.22. The molecule has 1 saturated heterocycles. The zero-order valence-corrected chi connectivity index (χ0v) is 16.1. The summed E-state index contributed by atoms with van der Waals surface area (Å²) in [6, 6.07) is 17.3. The topological polar surface area (TPSA) is 75.4 Å². The van der Waals surface area contributed by atoms with E-state index in [1.807, 2.05) is 59.5 Å². The van der Waals surface area contributed by atoms with Gasteiger partial charge < -0.3 is 16.0 Å². The van der Waals surface area contributed by atoms with Crippen molar-refractivity contribution in [3.8, 4) is 0 Å². The molecule has 3 rings (SSSR count). The molecule has 2 aromatic rings. The molecule has 1 aliphatic heterocycles. The lowest BCUT2D eigenvalue weighted by Gasteiger charge is -2.16. The van der Waals surface area contributed by atoms with Crippen molar-refractivity contribution in [2.24, 2.45) is 5.73 Å². The van der Waals surface area contributed by atoms with Crippen LogP contribution >= 0.6 is 12.4 Å². The zero-order valence-electron chi connectivity index (χ0n) is 15.3. The van der Waals surface area contributed by atoms with Crippen LogP contribution in [-0.2, 0) is 22.7 Å². The van der Waals surface area contributed by atoms with Gasteiger partial charge in [-0.3, -0.25) is 9.59 Å². The third-order valence-electron chi connectivity index (χ3n) is 4.66. The van der Waals surface area contributed by atoms with Crippen molar-refractivity contribution < 1.29 is 9.59 Å². The van der Waals surface area contributed by atoms with Gasteiger partial charge in [-0.1, -0.05) is 54.6 Å². The predicted octanol–water partition coefficient (Wildman–Crippen LogP) is 2.94. The highest BCUT2D eigenvalue weighted by atomic mass is 35.5. The van der Waals surface area contributed by atoms with Crippen molar-refractivity contribution in [3.05, 3.63) is 71.3 Å². The molecule has 0 saturated carbocycles. The molecular weight excluding hydrogens is 362 g/mol. The van der Waals surface area contributed by atoms with Crippen molar-refractivity contribution in [2.75, 3.05) is 6.54 Å². The first-order valence-electron chi connectivity index (χ1n) is 9.04. The van der Waals surface area contributed by atoms with Crippen molar-refractivity contribution in [2.45, 2.75) is 38.4 Å². The quantitative estimate of drug-likeness (QED) is 0.766. The van der Waals surface area contributed by atoms with Gasteiger partial charge in [0.25, 0.3) is 0 Å². The highest BCUT2D eigenvalue weighted by Crippen LogP contribution is 2.16. The van der Waals surface area contributed by atoms with Gasteiger partial charge in [-0.15, -0.1) is 12.4 Å². The maximum Gasteiger partial charge on any atom is 0.222 e. The van der Waals surface area contributed by atoms with Crippen LogP contribution in [0.5, 0.6) is 0 Å². The van der Waals surface area contributed by atoms with E-state index in [0.717, 1.165) is 29.7 Å². The maximum absolute atomic E-state index is 12.2. The van der Waals surface area contributed by atoms with Gasteiger partial charge in [0, 0.05) is 38.5 Å². The number of hydrogen-bond acceptors (Lipinski definition) is 3. The van der Waals surface area contributed by atoms with Crippen LogP contribution in [-0.4, -0.2) is 23.3 Å². The number of likely N-dealkylation sites (tertiary alicyclic amines) is 1. The molecule has 1 heterocycles. The van der Waals surface area contributed by atoms with Gasteiger partial charge in [-0.25, -0.2) is 0 Å². The molecule has 1 unspecified atom stereocenters. The lowest BCUT2D eigenvalue weighted by atomic mass is 10.0. The fraction of sp³-hybridized carbons (Fsp3) is 0.333. The maximum atomic E-state index is 12.2. The van der Waals surface area contributed by atoms with Crippen LogP contribution in [0.25, 0.3) is 0 Å². The Morgan fingerprint density at radius 2 is 1.85 bits per heavy atom. The van der Waals surface area contributed by atoms with Crippen molar-refractivity contribution >= 4 is 24.2 Å². The van der Waals surface area contributed by atoms with Gasteiger partial charge in [0.2, 0.25) is 11.8 Å². The molecule has 144 valence electrons. The second-order valence-corrected chi connectivity index (χ2v) is 6.74. The first kappa shape index (κ1) is 20.9. The second kappa shape index (κ2) is 10.1. The van der Waals surface area contributed by atoms with Crippen LogP contribution < -0.4 is 11.1 Å². The van der Waals surface area contributed by atoms with Crippen LogP contribution in [0.4, 0.5) is 0 Å². The summed E-state index contributed by atoms with van der Waals surface area (Å²) in [5.41, 5.74) is 9.17. The van der Waals surface area contributed by atoms with Gasteiger partial charge >= 0.3 is 0 Å². The number of rotatable bonds is 7. The molecule has 27 heavy (non-hydrogen) atoms. The first-order valence-corrected chi connectivity index (χ1v) is 9.04. The monoisotopic (exact) mass is 387 g/mol. The van der Waals surface area contributed by atoms with E-state index in [1.165, 1.54) is 0 Å². The van der Waals surface area contributed by atoms with Crippen LogP contribution in [0.15, 0.2) is 54.6 Å². The number of carbonyl (C=O) groups excluding carboxylic acids is 2. The molecule has 1 atom stereocenters. The van der Waals surface area contributed by atoms with Gasteiger partial charge in [-0.05, 0) is 23.1 Å². The van der Waals surface area contributed by atoms with Crippen LogP contribution in [0.3, 0.4) is 0 Å². The minimum atomic E-state index is -0.302. The molecule has 5 nitrogen and oxygen atoms in total. The molecule has 0 aromatic heterocycles. The van der Waals surface area contributed by atoms with E-state index in [9.17, 15) is 9.59 Å². The molecule has 0 aliphatic carbocycles. The largest absolute Gasteiger partial charge is 0.352 e. The average Bonchev–Trinajstić information content (AvgIpc) is 3.06. The highest BCUT2D eigenvalue weighted by molar-refractivity contribution is 5.85. The minimum absolute atomic E-state index is 0. The Labute approximate surface area is 166 Å². The van der Waals surface area contributed by atoms with Crippen molar-refractivity contribution in [1.29, 1.82) is 0 Å². The Bertz CT molecular complexity index is 767. The van der Waals surface area contributed by atoms with Gasteiger partial charge in [0.05, 0.1) is 0 Å². The molecule has 1 aliphatic rings. The number of nitrogens with two attached hydrogens (primary N) is 1. The Morgan fingerprint density at radius 1 is 1.11 bits per heavy atom. The van der Waals surface area contributed by atoms with Crippen LogP contribution in [0, 0.1) is 0 Å². The molecule has 1 fully saturated rings. The molecule has 2 aromatic carbocycles. The average molecular weight is 388 g/mol. The lowest BCUT2D eigenvalue weighted by Crippen LogP contribution is -2.27. The molecule has 0 spiro atoms. The number of halogens is 1. The zero-order chi connectivity index (χ0) is 18.4. The van der Waals surface area contributed by atoms with E-state index in [2.05, 4.69) is 5.32 Å². The van der Waals surface area contributed by atoms with E-state index in [1.54, 1.807) is 0 Å². The summed E-state index contributed by atoms with van der Waals surface area (Å²) < 4.78 is 0. The van der Waals surface area contributed by atoms with E-state index in [0.29, 0.717) is 19.5 Å². The molecule has 6 heteroatoms. The molecule has 3 N–H and O–H groups in total. The minimum Gasteiger partial charge on any atom is -0.352 e. The van der Waals surface area contributed by atoms with Crippen LogP contribution in [0.2, 0.25) is 0 Å². The van der Waals surface area contributed by atoms with E-state index >= 15 is 0 Å². The molecular formula is C21H26ClN3O2. The van der Waals surface area contributed by atoms with E-state index in [4.69, 9.17) is 5.73 Å². The standard InChI is InChI=1S/C21H25N3O2.ClH/c22-19(18-8-2-1-3-9-18)13-20(25)23-14-16-6-4-7-17(12-16)15-24-11-5-10-21(24)26;/h1-4,6-9,12,19H,5,10-11,13-15,22H2,(H,23,25);1H. The summed E-state index contributed by atoms with van der Waals surface area (Å²) in [5, 5.41) is 2.93. The number of hydrogen-bond donors (Lipinski definition) is 2. The summed E-state index contributed by atoms with van der Waals surface area (Å²) in [4.78, 5) is 25.8. The van der Waals surface area contributed by atoms with Crippen LogP contribution in [0.1, 0.15) is 42.0 Å². The smallest absolute Gasteiger partial charge is 0.222 e. The van der Waals surface area contributed by atoms with Crippen molar-refractivity contribution in [1.82, 2.24) is 10.2 Å². The Morgan fingerprint density at radius 3 is 2.56 bits per heavy atom. The number of benzene rings is 2.